The molecule has 0 unspecified atom stereocenters. The number of amides is 1. The molecule has 1 N–H and O–H groups in total. The fourth-order valence-electron chi connectivity index (χ4n) is 1.38. The van der Waals surface area contributed by atoms with Gasteiger partial charge in [-0.3, -0.25) is 4.79 Å². The number of carbonyl (C=O) groups is 2. The van der Waals surface area contributed by atoms with Gasteiger partial charge in [0.15, 0.2) is 4.32 Å². The largest absolute Gasteiger partial charge is 0.478 e. The van der Waals surface area contributed by atoms with Crippen LogP contribution in [-0.4, -0.2) is 38.3 Å². The molecule has 0 atom stereocenters. The van der Waals surface area contributed by atoms with Crippen LogP contribution in [0.2, 0.25) is 0 Å². The topological polar surface area (TPSA) is 70.0 Å². The maximum atomic E-state index is 11.4. The molecule has 1 fully saturated rings. The average molecular weight is 280 g/mol. The lowest BCUT2D eigenvalue weighted by Gasteiger charge is -2.07. The molecular weight excluding hydrogens is 272 g/mol. The highest BCUT2D eigenvalue weighted by Gasteiger charge is 2.26. The number of carboxylic acid groups (broad SMARTS) is 1. The Morgan fingerprint density at radius 1 is 1.50 bits per heavy atom. The normalized spacial score (nSPS) is 15.7. The van der Waals surface area contributed by atoms with Gasteiger partial charge in [0.25, 0.3) is 5.91 Å². The number of nitrogens with zero attached hydrogens (tertiary/aromatic N) is 2. The van der Waals surface area contributed by atoms with Crippen LogP contribution in [0.4, 0.5) is 0 Å². The molecule has 0 aliphatic carbocycles. The van der Waals surface area contributed by atoms with Crippen molar-refractivity contribution < 1.29 is 14.7 Å². The Kier molecular flexibility index (Phi) is 3.73. The number of hydrogen-bond donors (Lipinski definition) is 1. The van der Waals surface area contributed by atoms with E-state index in [9.17, 15) is 9.59 Å². The van der Waals surface area contributed by atoms with E-state index in [1.165, 1.54) is 24.0 Å². The van der Waals surface area contributed by atoms with Crippen LogP contribution >= 0.6 is 24.0 Å². The van der Waals surface area contributed by atoms with Crippen LogP contribution in [0.25, 0.3) is 0 Å². The van der Waals surface area contributed by atoms with Gasteiger partial charge < -0.3 is 5.11 Å². The van der Waals surface area contributed by atoms with Gasteiger partial charge in [0.1, 0.15) is 0 Å². The number of thiocarbonyl (C=S) groups is 1. The number of rotatable bonds is 3. The van der Waals surface area contributed by atoms with E-state index >= 15 is 0 Å². The zero-order valence-electron chi connectivity index (χ0n) is 9.07. The van der Waals surface area contributed by atoms with Crippen molar-refractivity contribution in [2.45, 2.75) is 0 Å². The molecule has 0 radical (unpaired) electrons. The molecule has 0 aromatic heterocycles. The van der Waals surface area contributed by atoms with Crippen LogP contribution < -0.4 is 0 Å². The molecule has 1 aliphatic heterocycles. The summed E-state index contributed by atoms with van der Waals surface area (Å²) < 4.78 is 0.379. The first-order valence-electron chi connectivity index (χ1n) is 4.95. The highest BCUT2D eigenvalue weighted by atomic mass is 32.2. The Hall–Kier alpha value is -1.73. The van der Waals surface area contributed by atoms with E-state index in [1.54, 1.807) is 18.2 Å². The van der Waals surface area contributed by atoms with Crippen LogP contribution in [0.15, 0.2) is 29.4 Å². The molecule has 1 amide bonds. The number of hydrazone groups is 1. The molecule has 7 heteroatoms. The summed E-state index contributed by atoms with van der Waals surface area (Å²) in [6.07, 6.45) is 1.33. The minimum Gasteiger partial charge on any atom is -0.478 e. The Bertz CT molecular complexity index is 541. The molecule has 1 heterocycles. The Labute approximate surface area is 112 Å². The van der Waals surface area contributed by atoms with Crippen molar-refractivity contribution in [2.24, 2.45) is 5.10 Å². The van der Waals surface area contributed by atoms with Gasteiger partial charge in [0.2, 0.25) is 0 Å². The van der Waals surface area contributed by atoms with E-state index < -0.39 is 5.97 Å². The third-order valence-electron chi connectivity index (χ3n) is 2.23. The third kappa shape index (κ3) is 2.57. The van der Waals surface area contributed by atoms with Crippen LogP contribution in [0.3, 0.4) is 0 Å². The maximum Gasteiger partial charge on any atom is 0.336 e. The highest BCUT2D eigenvalue weighted by Crippen LogP contribution is 2.19. The molecule has 0 spiro atoms. The zero-order chi connectivity index (χ0) is 13.1. The second kappa shape index (κ2) is 5.28. The Balaban J connectivity index is 2.26. The monoisotopic (exact) mass is 280 g/mol. The molecule has 1 aromatic rings. The van der Waals surface area contributed by atoms with Crippen molar-refractivity contribution in [1.29, 1.82) is 0 Å². The van der Waals surface area contributed by atoms with Gasteiger partial charge in [-0.1, -0.05) is 42.2 Å². The average Bonchev–Trinajstić information content (AvgIpc) is 2.67. The smallest absolute Gasteiger partial charge is 0.336 e. The molecule has 1 aliphatic rings. The summed E-state index contributed by atoms with van der Waals surface area (Å²) in [5.41, 5.74) is 0.559. The SMILES string of the molecule is O=C(O)c1ccccc1/C=N/N1C(=O)CSC1=S. The minimum absolute atomic E-state index is 0.131. The standard InChI is InChI=1S/C11H8N2O3S2/c14-9-6-18-11(17)13(9)12-5-7-3-1-2-4-8(7)10(15)16/h1-5H,6H2,(H,15,16)/b12-5+. The number of hydrogen-bond acceptors (Lipinski definition) is 5. The van der Waals surface area contributed by atoms with Crippen LogP contribution in [-0.2, 0) is 4.79 Å². The summed E-state index contributed by atoms with van der Waals surface area (Å²) in [6.45, 7) is 0. The lowest BCUT2D eigenvalue weighted by atomic mass is 10.1. The fourth-order valence-corrected chi connectivity index (χ4v) is 2.35. The molecule has 18 heavy (non-hydrogen) atoms. The van der Waals surface area contributed by atoms with Crippen molar-refractivity contribution in [3.8, 4) is 0 Å². The molecule has 5 nitrogen and oxygen atoms in total. The summed E-state index contributed by atoms with van der Waals surface area (Å²) in [6, 6.07) is 6.42. The predicted molar refractivity (Wildman–Crippen MR) is 72.9 cm³/mol. The number of benzene rings is 1. The molecule has 1 aromatic carbocycles. The minimum atomic E-state index is -1.04. The van der Waals surface area contributed by atoms with E-state index in [4.69, 9.17) is 17.3 Å². The van der Waals surface area contributed by atoms with Crippen LogP contribution in [0.1, 0.15) is 15.9 Å². The van der Waals surface area contributed by atoms with Gasteiger partial charge in [-0.25, -0.2) is 4.79 Å². The van der Waals surface area contributed by atoms with E-state index in [2.05, 4.69) is 5.10 Å². The molecule has 2 rings (SSSR count). The second-order valence-electron chi connectivity index (χ2n) is 3.40. The van der Waals surface area contributed by atoms with Crippen molar-refractivity contribution in [3.63, 3.8) is 0 Å². The molecular formula is C11H8N2O3S2. The van der Waals surface area contributed by atoms with Crippen molar-refractivity contribution in [3.05, 3.63) is 35.4 Å². The summed E-state index contributed by atoms with van der Waals surface area (Å²) in [5, 5.41) is 14.0. The highest BCUT2D eigenvalue weighted by molar-refractivity contribution is 8.23. The van der Waals surface area contributed by atoms with Gasteiger partial charge in [-0.2, -0.15) is 10.1 Å². The maximum absolute atomic E-state index is 11.4. The predicted octanol–water partition coefficient (Wildman–Crippen LogP) is 1.58. The second-order valence-corrected chi connectivity index (χ2v) is 5.01. The van der Waals surface area contributed by atoms with Crippen LogP contribution in [0, 0.1) is 0 Å². The number of carbonyl (C=O) groups excluding carboxylic acids is 1. The van der Waals surface area contributed by atoms with Gasteiger partial charge >= 0.3 is 5.97 Å². The van der Waals surface area contributed by atoms with E-state index in [-0.39, 0.29) is 17.2 Å². The Morgan fingerprint density at radius 2 is 2.22 bits per heavy atom. The van der Waals surface area contributed by atoms with Crippen LogP contribution in [0.5, 0.6) is 0 Å². The van der Waals surface area contributed by atoms with Gasteiger partial charge in [0, 0.05) is 5.56 Å². The molecule has 0 bridgehead atoms. The summed E-state index contributed by atoms with van der Waals surface area (Å²) in [7, 11) is 0. The summed E-state index contributed by atoms with van der Waals surface area (Å²) in [5.74, 6) is -0.965. The van der Waals surface area contributed by atoms with Gasteiger partial charge in [-0.05, 0) is 6.07 Å². The third-order valence-corrected chi connectivity index (χ3v) is 3.57. The van der Waals surface area contributed by atoms with E-state index in [1.807, 2.05) is 0 Å². The van der Waals surface area contributed by atoms with E-state index in [0.29, 0.717) is 9.88 Å². The summed E-state index contributed by atoms with van der Waals surface area (Å²) >= 11 is 6.19. The number of aromatic carboxylic acids is 1. The molecule has 0 saturated carbocycles. The lowest BCUT2D eigenvalue weighted by Crippen LogP contribution is -2.22. The first kappa shape index (κ1) is 12.7. The first-order chi connectivity index (χ1) is 8.59. The van der Waals surface area contributed by atoms with E-state index in [0.717, 1.165) is 5.01 Å². The van der Waals surface area contributed by atoms with Gasteiger partial charge in [0.05, 0.1) is 17.5 Å². The number of thioether (sulfide) groups is 1. The lowest BCUT2D eigenvalue weighted by molar-refractivity contribution is -0.123. The van der Waals surface area contributed by atoms with Crippen molar-refractivity contribution >= 4 is 46.4 Å². The van der Waals surface area contributed by atoms with Crippen molar-refractivity contribution in [1.82, 2.24) is 5.01 Å². The molecule has 92 valence electrons. The van der Waals surface area contributed by atoms with Gasteiger partial charge in [-0.15, -0.1) is 0 Å². The number of carboxylic acids is 1. The Morgan fingerprint density at radius 3 is 2.83 bits per heavy atom. The first-order valence-corrected chi connectivity index (χ1v) is 6.35. The fraction of sp³-hybridized carbons (Fsp3) is 0.0909. The summed E-state index contributed by atoms with van der Waals surface area (Å²) in [4.78, 5) is 22.4. The quantitative estimate of drug-likeness (QED) is 0.672. The zero-order valence-corrected chi connectivity index (χ0v) is 10.7. The molecule has 1 saturated heterocycles. The van der Waals surface area contributed by atoms with Crippen molar-refractivity contribution in [2.75, 3.05) is 5.75 Å².